The molecule has 4 amide bonds. The Morgan fingerprint density at radius 3 is 1.00 bits per heavy atom. The van der Waals surface area contributed by atoms with Gasteiger partial charge in [-0.25, -0.2) is 9.98 Å². The Morgan fingerprint density at radius 1 is 0.405 bits per heavy atom. The van der Waals surface area contributed by atoms with E-state index in [9.17, 15) is 19.2 Å². The average Bonchev–Trinajstić information content (AvgIpc) is 3.04. The highest BCUT2D eigenvalue weighted by atomic mass is 16.2. The topological polar surface area (TPSA) is 117 Å². The number of carbonyl (C=O) groups is 4. The van der Waals surface area contributed by atoms with Crippen LogP contribution < -0.4 is 10.6 Å². The van der Waals surface area contributed by atoms with E-state index in [-0.39, 0.29) is 22.8 Å². The van der Waals surface area contributed by atoms with Gasteiger partial charge in [0.1, 0.15) is 0 Å². The summed E-state index contributed by atoms with van der Waals surface area (Å²) in [6.45, 7) is 0. The van der Waals surface area contributed by atoms with E-state index in [4.69, 9.17) is 0 Å². The van der Waals surface area contributed by atoms with Gasteiger partial charge in [-0.05, 0) is 60.7 Å². The molecule has 8 nitrogen and oxygen atoms in total. The fourth-order valence-corrected chi connectivity index (χ4v) is 4.04. The molecule has 0 fully saturated rings. The molecule has 8 heteroatoms. The van der Waals surface area contributed by atoms with E-state index >= 15 is 0 Å². The van der Waals surface area contributed by atoms with Gasteiger partial charge in [-0.3, -0.25) is 19.2 Å². The molecule has 42 heavy (non-hydrogen) atoms. The Balaban J connectivity index is 1.59. The molecule has 0 aliphatic heterocycles. The smallest absolute Gasteiger partial charge is 0.277 e. The van der Waals surface area contributed by atoms with Gasteiger partial charge >= 0.3 is 0 Å². The standard InChI is InChI=1S/C34H24N4O4/c39-31(23-13-5-1-6-14-23)35-27-21-29(37-33(41)25-17-9-3-10-18-25)30(38-34(42)26-19-11-4-12-20-26)22-28(27)36-32(40)24-15-7-2-8-16-24/h1-22H,(H,35,39)(H,38,42). The first-order chi connectivity index (χ1) is 20.5. The van der Waals surface area contributed by atoms with Crippen LogP contribution in [-0.2, 0) is 0 Å². The molecule has 5 rings (SSSR count). The molecule has 204 valence electrons. The molecule has 0 heterocycles. The van der Waals surface area contributed by atoms with Gasteiger partial charge in [0.25, 0.3) is 23.6 Å². The molecule has 4 aromatic rings. The van der Waals surface area contributed by atoms with Gasteiger partial charge in [-0.2, -0.15) is 0 Å². The summed E-state index contributed by atoms with van der Waals surface area (Å²) in [6, 6.07) is 33.9. The fraction of sp³-hybridized carbons (Fsp3) is 0. The van der Waals surface area contributed by atoms with Crippen molar-refractivity contribution in [1.82, 2.24) is 10.6 Å². The van der Waals surface area contributed by atoms with Crippen LogP contribution in [0.4, 0.5) is 0 Å². The number of hydrogen-bond acceptors (Lipinski definition) is 4. The zero-order chi connectivity index (χ0) is 29.3. The van der Waals surface area contributed by atoms with Crippen LogP contribution in [0.5, 0.6) is 0 Å². The molecular formula is C34H24N4O4. The zero-order valence-electron chi connectivity index (χ0n) is 22.2. The maximum absolute atomic E-state index is 13.1. The molecule has 0 aromatic heterocycles. The van der Waals surface area contributed by atoms with Gasteiger partial charge in [0.2, 0.25) is 0 Å². The van der Waals surface area contributed by atoms with Crippen LogP contribution >= 0.6 is 0 Å². The van der Waals surface area contributed by atoms with Gasteiger partial charge in [0.05, 0.1) is 22.8 Å². The van der Waals surface area contributed by atoms with Crippen LogP contribution in [0.2, 0.25) is 0 Å². The minimum absolute atomic E-state index is 0.0719. The van der Waals surface area contributed by atoms with E-state index in [1.54, 1.807) is 121 Å². The molecule has 1 aliphatic carbocycles. The van der Waals surface area contributed by atoms with Crippen molar-refractivity contribution < 1.29 is 19.2 Å². The van der Waals surface area contributed by atoms with Crippen molar-refractivity contribution in [2.75, 3.05) is 0 Å². The molecular weight excluding hydrogens is 528 g/mol. The van der Waals surface area contributed by atoms with E-state index in [0.717, 1.165) is 0 Å². The van der Waals surface area contributed by atoms with E-state index < -0.39 is 23.6 Å². The quantitative estimate of drug-likeness (QED) is 0.320. The molecule has 0 bridgehead atoms. The first kappa shape index (κ1) is 27.5. The Bertz CT molecular complexity index is 1630. The second-order valence-corrected chi connectivity index (χ2v) is 9.09. The summed E-state index contributed by atoms with van der Waals surface area (Å²) in [4.78, 5) is 60.9. The number of nitrogens with zero attached hydrogens (tertiary/aromatic N) is 2. The molecule has 0 saturated heterocycles. The van der Waals surface area contributed by atoms with Crippen LogP contribution in [0, 0.1) is 0 Å². The molecule has 0 atom stereocenters. The summed E-state index contributed by atoms with van der Waals surface area (Å²) in [5.41, 5.74) is 1.82. The van der Waals surface area contributed by atoms with Gasteiger partial charge in [0, 0.05) is 22.3 Å². The number of rotatable bonds is 6. The predicted octanol–water partition coefficient (Wildman–Crippen LogP) is 5.19. The second kappa shape index (κ2) is 12.9. The first-order valence-electron chi connectivity index (χ1n) is 13.0. The van der Waals surface area contributed by atoms with Gasteiger partial charge in [-0.15, -0.1) is 0 Å². The average molecular weight is 553 g/mol. The number of aliphatic imine (C=N–C) groups is 2. The highest BCUT2D eigenvalue weighted by molar-refractivity contribution is 6.29. The maximum atomic E-state index is 13.1. The lowest BCUT2D eigenvalue weighted by Gasteiger charge is -2.19. The SMILES string of the molecule is O=C(N=C1C=C(NC(=O)c2ccccc2)C(=NC(=O)c2ccccc2)C=C1NC(=O)c1ccccc1)c1ccccc1. The number of hydrogen-bond donors (Lipinski definition) is 2. The molecule has 0 saturated carbocycles. The van der Waals surface area contributed by atoms with Gasteiger partial charge < -0.3 is 10.6 Å². The van der Waals surface area contributed by atoms with Crippen molar-refractivity contribution in [3.8, 4) is 0 Å². The molecule has 4 aromatic carbocycles. The van der Waals surface area contributed by atoms with E-state index in [1.807, 2.05) is 0 Å². The van der Waals surface area contributed by atoms with Gasteiger partial charge in [-0.1, -0.05) is 72.8 Å². The molecule has 0 unspecified atom stereocenters. The van der Waals surface area contributed by atoms with Crippen molar-refractivity contribution >= 4 is 35.1 Å². The molecule has 2 N–H and O–H groups in total. The maximum Gasteiger partial charge on any atom is 0.277 e. The number of carbonyl (C=O) groups excluding carboxylic acids is 4. The Kier molecular flexibility index (Phi) is 8.45. The third-order valence-electron chi connectivity index (χ3n) is 6.17. The Hall–Kier alpha value is -6.02. The van der Waals surface area contributed by atoms with Crippen LogP contribution in [0.25, 0.3) is 0 Å². The van der Waals surface area contributed by atoms with E-state index in [2.05, 4.69) is 20.6 Å². The first-order valence-corrected chi connectivity index (χ1v) is 13.0. The predicted molar refractivity (Wildman–Crippen MR) is 160 cm³/mol. The summed E-state index contributed by atoms with van der Waals surface area (Å²) in [5, 5.41) is 5.56. The Labute approximate surface area is 241 Å². The molecule has 0 radical (unpaired) electrons. The summed E-state index contributed by atoms with van der Waals surface area (Å²) in [5.74, 6) is -2.03. The van der Waals surface area contributed by atoms with Gasteiger partial charge in [0.15, 0.2) is 0 Å². The lowest BCUT2D eigenvalue weighted by atomic mass is 10.0. The van der Waals surface area contributed by atoms with Crippen LogP contribution in [0.3, 0.4) is 0 Å². The van der Waals surface area contributed by atoms with E-state index in [1.165, 1.54) is 12.2 Å². The fourth-order valence-electron chi connectivity index (χ4n) is 4.04. The third kappa shape index (κ3) is 6.75. The third-order valence-corrected chi connectivity index (χ3v) is 6.17. The summed E-state index contributed by atoms with van der Waals surface area (Å²) < 4.78 is 0. The van der Waals surface area contributed by atoms with Crippen LogP contribution in [0.15, 0.2) is 155 Å². The number of allylic oxidation sites excluding steroid dienone is 2. The van der Waals surface area contributed by atoms with Crippen molar-refractivity contribution in [2.45, 2.75) is 0 Å². The van der Waals surface area contributed by atoms with Crippen LogP contribution in [-0.4, -0.2) is 35.1 Å². The monoisotopic (exact) mass is 552 g/mol. The number of benzene rings is 4. The summed E-state index contributed by atoms with van der Waals surface area (Å²) >= 11 is 0. The lowest BCUT2D eigenvalue weighted by Crippen LogP contribution is -2.35. The Morgan fingerprint density at radius 2 is 0.690 bits per heavy atom. The normalized spacial score (nSPS) is 14.5. The minimum Gasteiger partial charge on any atom is -0.320 e. The lowest BCUT2D eigenvalue weighted by molar-refractivity contribution is 0.0958. The van der Waals surface area contributed by atoms with Crippen LogP contribution in [0.1, 0.15) is 41.4 Å². The number of nitrogens with one attached hydrogen (secondary N) is 2. The van der Waals surface area contributed by atoms with Crippen molar-refractivity contribution in [3.05, 3.63) is 167 Å². The summed E-state index contributed by atoms with van der Waals surface area (Å²) in [7, 11) is 0. The zero-order valence-corrected chi connectivity index (χ0v) is 22.2. The van der Waals surface area contributed by atoms with E-state index in [0.29, 0.717) is 22.3 Å². The number of amides is 4. The van der Waals surface area contributed by atoms with Crippen molar-refractivity contribution in [1.29, 1.82) is 0 Å². The molecule has 0 spiro atoms. The van der Waals surface area contributed by atoms with Crippen molar-refractivity contribution in [2.24, 2.45) is 9.98 Å². The summed E-state index contributed by atoms with van der Waals surface area (Å²) in [6.07, 6.45) is 2.83. The molecule has 1 aliphatic rings. The highest BCUT2D eigenvalue weighted by Crippen LogP contribution is 2.16. The minimum atomic E-state index is -0.559. The highest BCUT2D eigenvalue weighted by Gasteiger charge is 2.24. The second-order valence-electron chi connectivity index (χ2n) is 9.09. The van der Waals surface area contributed by atoms with Crippen molar-refractivity contribution in [3.63, 3.8) is 0 Å². The largest absolute Gasteiger partial charge is 0.320 e.